The number of hydrogen-bond acceptors (Lipinski definition) is 7. The summed E-state index contributed by atoms with van der Waals surface area (Å²) in [5.41, 5.74) is 2.73. The number of benzene rings is 1. The van der Waals surface area contributed by atoms with Crippen LogP contribution >= 0.6 is 0 Å². The number of hydrogen-bond donors (Lipinski definition) is 0. The molecule has 1 atom stereocenters. The first-order valence-electron chi connectivity index (χ1n) is 12.0. The second kappa shape index (κ2) is 10.4. The van der Waals surface area contributed by atoms with Gasteiger partial charge < -0.3 is 14.5 Å². The minimum absolute atomic E-state index is 0.0203. The molecule has 0 unspecified atom stereocenters. The SMILES string of the molecule is C[C@H](Cc1nc(Cc2cnccn2)cc(N2CC(C(=O)N3CCOCC3)C2)n1)c1ccc(F)cc1. The van der Waals surface area contributed by atoms with Crippen molar-refractivity contribution in [1.29, 1.82) is 0 Å². The van der Waals surface area contributed by atoms with Crippen molar-refractivity contribution < 1.29 is 13.9 Å². The smallest absolute Gasteiger partial charge is 0.229 e. The predicted octanol–water partition coefficient (Wildman–Crippen LogP) is 2.64. The molecular weight excluding hydrogens is 447 g/mol. The molecule has 35 heavy (non-hydrogen) atoms. The first-order valence-corrected chi connectivity index (χ1v) is 12.0. The Balaban J connectivity index is 1.33. The summed E-state index contributed by atoms with van der Waals surface area (Å²) in [4.78, 5) is 35.1. The molecule has 0 aliphatic carbocycles. The van der Waals surface area contributed by atoms with Crippen molar-refractivity contribution in [1.82, 2.24) is 24.8 Å². The molecule has 4 heterocycles. The van der Waals surface area contributed by atoms with Crippen LogP contribution in [0.2, 0.25) is 0 Å². The maximum atomic E-state index is 13.4. The van der Waals surface area contributed by atoms with Gasteiger partial charge >= 0.3 is 0 Å². The van der Waals surface area contributed by atoms with Gasteiger partial charge in [0.25, 0.3) is 0 Å². The molecule has 9 heteroatoms. The maximum absolute atomic E-state index is 13.4. The Hall–Kier alpha value is -3.46. The van der Waals surface area contributed by atoms with Crippen LogP contribution in [0.1, 0.15) is 35.6 Å². The van der Waals surface area contributed by atoms with Crippen molar-refractivity contribution in [2.45, 2.75) is 25.7 Å². The summed E-state index contributed by atoms with van der Waals surface area (Å²) in [6, 6.07) is 8.56. The van der Waals surface area contributed by atoms with Crippen molar-refractivity contribution in [3.05, 3.63) is 77.5 Å². The maximum Gasteiger partial charge on any atom is 0.229 e. The first kappa shape index (κ1) is 23.3. The van der Waals surface area contributed by atoms with Gasteiger partial charge in [0.1, 0.15) is 17.5 Å². The van der Waals surface area contributed by atoms with Crippen molar-refractivity contribution in [3.63, 3.8) is 0 Å². The van der Waals surface area contributed by atoms with E-state index in [0.717, 1.165) is 28.6 Å². The number of nitrogens with zero attached hydrogens (tertiary/aromatic N) is 6. The molecule has 0 spiro atoms. The third kappa shape index (κ3) is 5.62. The quantitative estimate of drug-likeness (QED) is 0.518. The van der Waals surface area contributed by atoms with Gasteiger partial charge in [-0.15, -0.1) is 0 Å². The van der Waals surface area contributed by atoms with Gasteiger partial charge in [0.15, 0.2) is 0 Å². The predicted molar refractivity (Wildman–Crippen MR) is 128 cm³/mol. The highest BCUT2D eigenvalue weighted by atomic mass is 19.1. The molecule has 2 aliphatic rings. The summed E-state index contributed by atoms with van der Waals surface area (Å²) in [5.74, 6) is 1.61. The van der Waals surface area contributed by atoms with Crippen molar-refractivity contribution in [3.8, 4) is 0 Å². The average Bonchev–Trinajstić information content (AvgIpc) is 2.84. The lowest BCUT2D eigenvalue weighted by Gasteiger charge is -2.42. The van der Waals surface area contributed by atoms with E-state index in [9.17, 15) is 9.18 Å². The van der Waals surface area contributed by atoms with E-state index in [1.165, 1.54) is 12.1 Å². The Morgan fingerprint density at radius 3 is 2.60 bits per heavy atom. The molecular formula is C26H29FN6O2. The number of ether oxygens (including phenoxy) is 1. The molecule has 1 amide bonds. The number of amides is 1. The van der Waals surface area contributed by atoms with Crippen LogP contribution < -0.4 is 4.90 Å². The number of morpholine rings is 1. The van der Waals surface area contributed by atoms with E-state index in [0.29, 0.717) is 52.2 Å². The Labute approximate surface area is 204 Å². The zero-order valence-electron chi connectivity index (χ0n) is 19.8. The van der Waals surface area contributed by atoms with E-state index in [1.54, 1.807) is 18.6 Å². The van der Waals surface area contributed by atoms with Gasteiger partial charge in [-0.05, 0) is 23.6 Å². The molecule has 0 N–H and O–H groups in total. The van der Waals surface area contributed by atoms with Crippen LogP contribution in [-0.4, -0.2) is 70.1 Å². The summed E-state index contributed by atoms with van der Waals surface area (Å²) in [6.07, 6.45) is 6.23. The van der Waals surface area contributed by atoms with E-state index < -0.39 is 0 Å². The zero-order chi connectivity index (χ0) is 24.2. The van der Waals surface area contributed by atoms with E-state index in [2.05, 4.69) is 21.8 Å². The molecule has 2 aliphatic heterocycles. The fourth-order valence-corrected chi connectivity index (χ4v) is 4.53. The number of anilines is 1. The highest BCUT2D eigenvalue weighted by molar-refractivity contribution is 5.82. The van der Waals surface area contributed by atoms with Crippen LogP contribution in [0.4, 0.5) is 10.2 Å². The zero-order valence-corrected chi connectivity index (χ0v) is 19.8. The Bertz CT molecular complexity index is 1150. The molecule has 2 fully saturated rings. The molecule has 3 aromatic rings. The summed E-state index contributed by atoms with van der Waals surface area (Å²) >= 11 is 0. The molecule has 1 aromatic carbocycles. The molecule has 0 saturated carbocycles. The van der Waals surface area contributed by atoms with Gasteiger partial charge in [-0.3, -0.25) is 14.8 Å². The van der Waals surface area contributed by atoms with Gasteiger partial charge in [-0.25, -0.2) is 14.4 Å². The monoisotopic (exact) mass is 476 g/mol. The topological polar surface area (TPSA) is 84.3 Å². The largest absolute Gasteiger partial charge is 0.378 e. The Kier molecular flexibility index (Phi) is 6.94. The number of carbonyl (C=O) groups excluding carboxylic acids is 1. The van der Waals surface area contributed by atoms with Gasteiger partial charge in [0.05, 0.1) is 30.5 Å². The molecule has 2 aromatic heterocycles. The summed E-state index contributed by atoms with van der Waals surface area (Å²) in [7, 11) is 0. The average molecular weight is 477 g/mol. The lowest BCUT2D eigenvalue weighted by molar-refractivity contribution is -0.140. The lowest BCUT2D eigenvalue weighted by atomic mass is 9.96. The number of halogens is 1. The number of rotatable bonds is 7. The summed E-state index contributed by atoms with van der Waals surface area (Å²) in [5, 5.41) is 0. The fraction of sp³-hybridized carbons (Fsp3) is 0.423. The van der Waals surface area contributed by atoms with Crippen LogP contribution in [0.5, 0.6) is 0 Å². The van der Waals surface area contributed by atoms with E-state index in [4.69, 9.17) is 14.7 Å². The third-order valence-electron chi connectivity index (χ3n) is 6.60. The van der Waals surface area contributed by atoms with Crippen molar-refractivity contribution >= 4 is 11.7 Å². The number of aromatic nitrogens is 4. The summed E-state index contributed by atoms with van der Waals surface area (Å²) in [6.45, 7) is 5.92. The standard InChI is InChI=1S/C26H29FN6O2/c1-18(19-2-4-21(27)5-3-19)12-24-30-22(13-23-15-28-6-7-29-23)14-25(31-24)33-16-20(17-33)26(34)32-8-10-35-11-9-32/h2-7,14-15,18,20H,8-13,16-17H2,1H3/t18-/m1/s1. The highest BCUT2D eigenvalue weighted by Crippen LogP contribution is 2.27. The van der Waals surface area contributed by atoms with Crippen LogP contribution in [-0.2, 0) is 22.4 Å². The van der Waals surface area contributed by atoms with Crippen molar-refractivity contribution in [2.75, 3.05) is 44.3 Å². The second-order valence-corrected chi connectivity index (χ2v) is 9.20. The second-order valence-electron chi connectivity index (χ2n) is 9.20. The fourth-order valence-electron chi connectivity index (χ4n) is 4.53. The van der Waals surface area contributed by atoms with E-state index >= 15 is 0 Å². The minimum Gasteiger partial charge on any atom is -0.378 e. The summed E-state index contributed by atoms with van der Waals surface area (Å²) < 4.78 is 18.7. The first-order chi connectivity index (χ1) is 17.0. The Morgan fingerprint density at radius 1 is 1.11 bits per heavy atom. The van der Waals surface area contributed by atoms with E-state index in [-0.39, 0.29) is 23.6 Å². The van der Waals surface area contributed by atoms with Crippen molar-refractivity contribution in [2.24, 2.45) is 5.92 Å². The van der Waals surface area contributed by atoms with Crippen LogP contribution in [0, 0.1) is 11.7 Å². The van der Waals surface area contributed by atoms with Crippen LogP contribution in [0.15, 0.2) is 48.9 Å². The van der Waals surface area contributed by atoms with E-state index in [1.807, 2.05) is 23.1 Å². The van der Waals surface area contributed by atoms with Crippen LogP contribution in [0.3, 0.4) is 0 Å². The normalized spacial score (nSPS) is 17.2. The lowest BCUT2D eigenvalue weighted by Crippen LogP contribution is -2.56. The minimum atomic E-state index is -0.246. The highest BCUT2D eigenvalue weighted by Gasteiger charge is 2.36. The molecule has 2 saturated heterocycles. The van der Waals surface area contributed by atoms with Crippen LogP contribution in [0.25, 0.3) is 0 Å². The molecule has 0 bridgehead atoms. The third-order valence-corrected chi connectivity index (χ3v) is 6.60. The van der Waals surface area contributed by atoms with Gasteiger partial charge in [-0.2, -0.15) is 0 Å². The molecule has 8 nitrogen and oxygen atoms in total. The molecule has 0 radical (unpaired) electrons. The van der Waals surface area contributed by atoms with Gasteiger partial charge in [0, 0.05) is 63.7 Å². The number of carbonyl (C=O) groups is 1. The van der Waals surface area contributed by atoms with Gasteiger partial charge in [0.2, 0.25) is 5.91 Å². The Morgan fingerprint density at radius 2 is 1.89 bits per heavy atom. The van der Waals surface area contributed by atoms with Gasteiger partial charge in [-0.1, -0.05) is 19.1 Å². The molecule has 5 rings (SSSR count). The molecule has 182 valence electrons.